The van der Waals surface area contributed by atoms with Crippen molar-refractivity contribution in [3.63, 3.8) is 0 Å². The maximum atomic E-state index is 12.5. The predicted octanol–water partition coefficient (Wildman–Crippen LogP) is 1.34. The zero-order valence-corrected chi connectivity index (χ0v) is 13.1. The number of halogens is 1. The van der Waals surface area contributed by atoms with Crippen LogP contribution in [-0.2, 0) is 10.0 Å². The van der Waals surface area contributed by atoms with Gasteiger partial charge in [-0.1, -0.05) is 15.9 Å². The number of nitro groups is 1. The van der Waals surface area contributed by atoms with Gasteiger partial charge in [0.2, 0.25) is 10.0 Å². The zero-order valence-electron chi connectivity index (χ0n) is 10.7. The van der Waals surface area contributed by atoms with Gasteiger partial charge in [-0.25, -0.2) is 8.42 Å². The van der Waals surface area contributed by atoms with Crippen LogP contribution in [0.2, 0.25) is 0 Å². The molecule has 1 aromatic carbocycles. The Bertz CT molecular complexity index is 635. The second-order valence-electron chi connectivity index (χ2n) is 4.59. The molecule has 2 rings (SSSR count). The van der Waals surface area contributed by atoms with Gasteiger partial charge >= 0.3 is 0 Å². The quantitative estimate of drug-likeness (QED) is 0.646. The number of benzene rings is 1. The minimum absolute atomic E-state index is 0.0213. The molecule has 1 saturated heterocycles. The van der Waals surface area contributed by atoms with Crippen molar-refractivity contribution in [1.82, 2.24) is 9.62 Å². The van der Waals surface area contributed by atoms with E-state index in [1.54, 1.807) is 0 Å². The molecule has 0 aromatic heterocycles. The molecular formula is C11H14BrN3O4S. The van der Waals surface area contributed by atoms with Crippen molar-refractivity contribution in [2.45, 2.75) is 17.9 Å². The highest BCUT2D eigenvalue weighted by molar-refractivity contribution is 9.10. The predicted molar refractivity (Wildman–Crippen MR) is 77.0 cm³/mol. The Morgan fingerprint density at radius 1 is 1.50 bits per heavy atom. The fourth-order valence-electron chi connectivity index (χ4n) is 2.11. The normalized spacial score (nSPS) is 20.8. The van der Waals surface area contributed by atoms with Gasteiger partial charge in [-0.3, -0.25) is 10.1 Å². The van der Waals surface area contributed by atoms with E-state index < -0.39 is 20.6 Å². The van der Waals surface area contributed by atoms with E-state index in [0.717, 1.165) is 0 Å². The first-order valence-corrected chi connectivity index (χ1v) is 8.23. The maximum Gasteiger partial charge on any atom is 0.290 e. The SMILES string of the molecule is CC1CN(S(=O)(=O)c2ccc(Br)cc2[N+](=O)[O-])CCN1. The molecule has 0 saturated carbocycles. The summed E-state index contributed by atoms with van der Waals surface area (Å²) in [4.78, 5) is 10.1. The molecule has 1 aliphatic heterocycles. The van der Waals surface area contributed by atoms with Crippen molar-refractivity contribution in [2.75, 3.05) is 19.6 Å². The number of piperazine rings is 1. The van der Waals surface area contributed by atoms with Gasteiger partial charge in [-0.05, 0) is 19.1 Å². The number of nitro benzene ring substituents is 1. The van der Waals surface area contributed by atoms with Gasteiger partial charge in [0, 0.05) is 36.2 Å². The van der Waals surface area contributed by atoms with Gasteiger partial charge in [-0.15, -0.1) is 0 Å². The Hall–Kier alpha value is -1.03. The molecule has 9 heteroatoms. The Morgan fingerprint density at radius 2 is 2.20 bits per heavy atom. The van der Waals surface area contributed by atoms with E-state index >= 15 is 0 Å². The van der Waals surface area contributed by atoms with Crippen LogP contribution in [0, 0.1) is 10.1 Å². The van der Waals surface area contributed by atoms with Crippen LogP contribution in [-0.4, -0.2) is 43.3 Å². The summed E-state index contributed by atoms with van der Waals surface area (Å²) in [6.45, 7) is 3.01. The first-order chi connectivity index (χ1) is 9.32. The minimum atomic E-state index is -3.86. The van der Waals surface area contributed by atoms with E-state index in [0.29, 0.717) is 24.1 Å². The minimum Gasteiger partial charge on any atom is -0.312 e. The Morgan fingerprint density at radius 3 is 2.80 bits per heavy atom. The van der Waals surface area contributed by atoms with E-state index in [2.05, 4.69) is 21.2 Å². The van der Waals surface area contributed by atoms with Gasteiger partial charge in [0.05, 0.1) is 4.92 Å². The average Bonchev–Trinajstić information content (AvgIpc) is 2.38. The molecule has 1 unspecified atom stereocenters. The lowest BCUT2D eigenvalue weighted by Crippen LogP contribution is -2.51. The van der Waals surface area contributed by atoms with Crippen LogP contribution < -0.4 is 5.32 Å². The van der Waals surface area contributed by atoms with E-state index in [1.807, 2.05) is 6.92 Å². The molecule has 0 aliphatic carbocycles. The highest BCUT2D eigenvalue weighted by Gasteiger charge is 2.33. The topological polar surface area (TPSA) is 92.5 Å². The monoisotopic (exact) mass is 363 g/mol. The van der Waals surface area contributed by atoms with Crippen LogP contribution >= 0.6 is 15.9 Å². The summed E-state index contributed by atoms with van der Waals surface area (Å²) < 4.78 is 26.8. The molecule has 1 aliphatic rings. The first kappa shape index (κ1) is 15.4. The van der Waals surface area contributed by atoms with Gasteiger partial charge in [0.15, 0.2) is 4.90 Å². The number of nitrogens with one attached hydrogen (secondary N) is 1. The number of hydrogen-bond donors (Lipinski definition) is 1. The van der Waals surface area contributed by atoms with Crippen molar-refractivity contribution in [1.29, 1.82) is 0 Å². The van der Waals surface area contributed by atoms with Crippen LogP contribution in [0.25, 0.3) is 0 Å². The number of nitrogens with zero attached hydrogens (tertiary/aromatic N) is 2. The Kier molecular flexibility index (Phi) is 4.43. The Labute approximate surface area is 125 Å². The third-order valence-corrected chi connectivity index (χ3v) is 5.47. The molecule has 1 fully saturated rings. The summed E-state index contributed by atoms with van der Waals surface area (Å²) in [6, 6.07) is 3.99. The zero-order chi connectivity index (χ0) is 14.9. The van der Waals surface area contributed by atoms with Gasteiger partial charge < -0.3 is 5.32 Å². The molecule has 7 nitrogen and oxygen atoms in total. The van der Waals surface area contributed by atoms with Crippen molar-refractivity contribution < 1.29 is 13.3 Å². The van der Waals surface area contributed by atoms with Crippen LogP contribution in [0.3, 0.4) is 0 Å². The van der Waals surface area contributed by atoms with E-state index in [9.17, 15) is 18.5 Å². The molecule has 1 atom stereocenters. The van der Waals surface area contributed by atoms with Crippen molar-refractivity contribution in [2.24, 2.45) is 0 Å². The standard InChI is InChI=1S/C11H14BrN3O4S/c1-8-7-14(5-4-13-8)20(18,19)11-3-2-9(12)6-10(11)15(16)17/h2-3,6,8,13H,4-5,7H2,1H3. The fourth-order valence-corrected chi connectivity index (χ4v) is 4.12. The highest BCUT2D eigenvalue weighted by atomic mass is 79.9. The third-order valence-electron chi connectivity index (χ3n) is 3.07. The fraction of sp³-hybridized carbons (Fsp3) is 0.455. The Balaban J connectivity index is 2.46. The molecule has 1 aromatic rings. The molecule has 0 amide bonds. The molecular weight excluding hydrogens is 350 g/mol. The van der Waals surface area contributed by atoms with Crippen molar-refractivity contribution in [3.05, 3.63) is 32.8 Å². The number of rotatable bonds is 3. The van der Waals surface area contributed by atoms with Gasteiger partial charge in [-0.2, -0.15) is 4.31 Å². The summed E-state index contributed by atoms with van der Waals surface area (Å²) in [5.74, 6) is 0. The van der Waals surface area contributed by atoms with E-state index in [1.165, 1.54) is 22.5 Å². The molecule has 0 radical (unpaired) electrons. The molecule has 110 valence electrons. The molecule has 0 spiro atoms. The molecule has 1 heterocycles. The maximum absolute atomic E-state index is 12.5. The largest absolute Gasteiger partial charge is 0.312 e. The number of hydrogen-bond acceptors (Lipinski definition) is 5. The highest BCUT2D eigenvalue weighted by Crippen LogP contribution is 2.30. The van der Waals surface area contributed by atoms with E-state index in [-0.39, 0.29) is 10.9 Å². The lowest BCUT2D eigenvalue weighted by atomic mass is 10.3. The van der Waals surface area contributed by atoms with Crippen LogP contribution in [0.1, 0.15) is 6.92 Å². The summed E-state index contributed by atoms with van der Waals surface area (Å²) in [5, 5.41) is 14.2. The molecule has 20 heavy (non-hydrogen) atoms. The average molecular weight is 364 g/mol. The summed E-state index contributed by atoms with van der Waals surface area (Å²) in [7, 11) is -3.86. The smallest absolute Gasteiger partial charge is 0.290 e. The van der Waals surface area contributed by atoms with Gasteiger partial charge in [0.1, 0.15) is 0 Å². The summed E-state index contributed by atoms with van der Waals surface area (Å²) >= 11 is 3.11. The second-order valence-corrected chi connectivity index (χ2v) is 7.41. The van der Waals surface area contributed by atoms with Crippen LogP contribution in [0.15, 0.2) is 27.6 Å². The number of sulfonamides is 1. The second kappa shape index (κ2) is 5.76. The third kappa shape index (κ3) is 3.00. The lowest BCUT2D eigenvalue weighted by Gasteiger charge is -2.30. The van der Waals surface area contributed by atoms with Crippen LogP contribution in [0.5, 0.6) is 0 Å². The van der Waals surface area contributed by atoms with E-state index in [4.69, 9.17) is 0 Å². The molecule has 0 bridgehead atoms. The summed E-state index contributed by atoms with van der Waals surface area (Å²) in [5.41, 5.74) is -0.412. The lowest BCUT2D eigenvalue weighted by molar-refractivity contribution is -0.387. The first-order valence-electron chi connectivity index (χ1n) is 6.00. The van der Waals surface area contributed by atoms with Crippen LogP contribution in [0.4, 0.5) is 5.69 Å². The van der Waals surface area contributed by atoms with Crippen molar-refractivity contribution in [3.8, 4) is 0 Å². The molecule has 1 N–H and O–H groups in total. The van der Waals surface area contributed by atoms with Crippen molar-refractivity contribution >= 4 is 31.6 Å². The van der Waals surface area contributed by atoms with Gasteiger partial charge in [0.25, 0.3) is 5.69 Å². The summed E-state index contributed by atoms with van der Waals surface area (Å²) in [6.07, 6.45) is 0.